The first-order valence-corrected chi connectivity index (χ1v) is 6.71. The van der Waals surface area contributed by atoms with Gasteiger partial charge in [0, 0.05) is 18.2 Å². The van der Waals surface area contributed by atoms with Crippen molar-refractivity contribution in [1.82, 2.24) is 4.90 Å². The summed E-state index contributed by atoms with van der Waals surface area (Å²) in [6, 6.07) is 0.602. The van der Waals surface area contributed by atoms with Crippen molar-refractivity contribution in [1.29, 1.82) is 0 Å². The van der Waals surface area contributed by atoms with Crippen molar-refractivity contribution in [3.05, 3.63) is 0 Å². The van der Waals surface area contributed by atoms with E-state index in [1.54, 1.807) is 0 Å². The van der Waals surface area contributed by atoms with Gasteiger partial charge < -0.3 is 15.4 Å². The zero-order valence-corrected chi connectivity index (χ0v) is 10.7. The topological polar surface area (TPSA) is 38.5 Å². The van der Waals surface area contributed by atoms with Crippen molar-refractivity contribution in [2.45, 2.75) is 63.1 Å². The summed E-state index contributed by atoms with van der Waals surface area (Å²) in [6.45, 7) is 4.22. The predicted molar refractivity (Wildman–Crippen MR) is 66.5 cm³/mol. The second-order valence-electron chi connectivity index (χ2n) is 5.73. The van der Waals surface area contributed by atoms with E-state index in [0.29, 0.717) is 12.1 Å². The molecule has 16 heavy (non-hydrogen) atoms. The summed E-state index contributed by atoms with van der Waals surface area (Å²) in [4.78, 5) is 2.45. The van der Waals surface area contributed by atoms with Gasteiger partial charge >= 0.3 is 0 Å². The van der Waals surface area contributed by atoms with E-state index in [0.717, 1.165) is 19.6 Å². The van der Waals surface area contributed by atoms with E-state index in [1.165, 1.54) is 32.1 Å². The van der Waals surface area contributed by atoms with Crippen LogP contribution in [0.2, 0.25) is 0 Å². The lowest BCUT2D eigenvalue weighted by atomic mass is 9.94. The SMILES string of the molecule is CC1OCCC1N(C)CCC1(N)CCCC1. The molecule has 3 heteroatoms. The van der Waals surface area contributed by atoms with Gasteiger partial charge in [0.1, 0.15) is 0 Å². The zero-order chi connectivity index (χ0) is 11.6. The summed E-state index contributed by atoms with van der Waals surface area (Å²) in [7, 11) is 2.22. The molecule has 2 rings (SSSR count). The van der Waals surface area contributed by atoms with Gasteiger partial charge in [0.2, 0.25) is 0 Å². The van der Waals surface area contributed by atoms with Crippen LogP contribution in [0, 0.1) is 0 Å². The highest BCUT2D eigenvalue weighted by Crippen LogP contribution is 2.30. The van der Waals surface area contributed by atoms with Crippen LogP contribution in [0.1, 0.15) is 45.4 Å². The Balaban J connectivity index is 1.76. The summed E-state index contributed by atoms with van der Waals surface area (Å²) in [5.41, 5.74) is 6.52. The Kier molecular flexibility index (Phi) is 3.88. The molecule has 1 saturated carbocycles. The van der Waals surface area contributed by atoms with Crippen molar-refractivity contribution in [2.24, 2.45) is 5.73 Å². The molecule has 0 aromatic carbocycles. The molecule has 2 N–H and O–H groups in total. The molecule has 1 heterocycles. The lowest BCUT2D eigenvalue weighted by molar-refractivity contribution is 0.0810. The van der Waals surface area contributed by atoms with Gasteiger partial charge in [-0.15, -0.1) is 0 Å². The van der Waals surface area contributed by atoms with Crippen molar-refractivity contribution in [3.8, 4) is 0 Å². The van der Waals surface area contributed by atoms with Crippen LogP contribution in [0.25, 0.3) is 0 Å². The Morgan fingerprint density at radius 3 is 2.62 bits per heavy atom. The normalized spacial score (nSPS) is 33.8. The Morgan fingerprint density at radius 1 is 1.38 bits per heavy atom. The van der Waals surface area contributed by atoms with Gasteiger partial charge in [0.25, 0.3) is 0 Å². The first-order valence-electron chi connectivity index (χ1n) is 6.71. The average Bonchev–Trinajstić information content (AvgIpc) is 2.85. The van der Waals surface area contributed by atoms with Crippen molar-refractivity contribution < 1.29 is 4.74 Å². The maximum atomic E-state index is 6.38. The Hall–Kier alpha value is -0.120. The largest absolute Gasteiger partial charge is 0.377 e. The van der Waals surface area contributed by atoms with Crippen molar-refractivity contribution >= 4 is 0 Å². The highest BCUT2D eigenvalue weighted by Gasteiger charge is 2.32. The van der Waals surface area contributed by atoms with Gasteiger partial charge in [-0.25, -0.2) is 0 Å². The number of nitrogens with two attached hydrogens (primary N) is 1. The fourth-order valence-electron chi connectivity index (χ4n) is 3.19. The van der Waals surface area contributed by atoms with E-state index in [9.17, 15) is 0 Å². The van der Waals surface area contributed by atoms with E-state index in [1.807, 2.05) is 0 Å². The molecule has 1 aliphatic carbocycles. The average molecular weight is 226 g/mol. The molecule has 0 amide bonds. The van der Waals surface area contributed by atoms with Crippen LogP contribution in [0.15, 0.2) is 0 Å². The number of hydrogen-bond donors (Lipinski definition) is 1. The molecule has 3 nitrogen and oxygen atoms in total. The minimum atomic E-state index is 0.136. The standard InChI is InChI=1S/C13H26N2O/c1-11-12(5-10-16-11)15(2)9-8-13(14)6-3-4-7-13/h11-12H,3-10,14H2,1-2H3. The Labute approximate surface area is 99.3 Å². The number of ether oxygens (including phenoxy) is 1. The summed E-state index contributed by atoms with van der Waals surface area (Å²) < 4.78 is 5.61. The van der Waals surface area contributed by atoms with Crippen molar-refractivity contribution in [2.75, 3.05) is 20.2 Å². The van der Waals surface area contributed by atoms with Gasteiger partial charge in [-0.3, -0.25) is 0 Å². The van der Waals surface area contributed by atoms with Gasteiger partial charge in [-0.05, 0) is 46.2 Å². The maximum Gasteiger partial charge on any atom is 0.0702 e. The number of rotatable bonds is 4. The summed E-state index contributed by atoms with van der Waals surface area (Å²) in [5, 5.41) is 0. The third-order valence-electron chi connectivity index (χ3n) is 4.46. The lowest BCUT2D eigenvalue weighted by Gasteiger charge is -2.31. The molecular weight excluding hydrogens is 200 g/mol. The van der Waals surface area contributed by atoms with Crippen LogP contribution in [0.4, 0.5) is 0 Å². The molecule has 2 aliphatic rings. The first kappa shape index (κ1) is 12.3. The fourth-order valence-corrected chi connectivity index (χ4v) is 3.19. The number of likely N-dealkylation sites (N-methyl/N-ethyl adjacent to an activating group) is 1. The Bertz CT molecular complexity index is 226. The molecule has 0 aromatic rings. The monoisotopic (exact) mass is 226 g/mol. The second kappa shape index (κ2) is 5.03. The van der Waals surface area contributed by atoms with Crippen LogP contribution >= 0.6 is 0 Å². The summed E-state index contributed by atoms with van der Waals surface area (Å²) in [6.07, 6.45) is 7.80. The van der Waals surface area contributed by atoms with E-state index < -0.39 is 0 Å². The molecule has 94 valence electrons. The van der Waals surface area contributed by atoms with Gasteiger partial charge in [0.15, 0.2) is 0 Å². The minimum absolute atomic E-state index is 0.136. The van der Waals surface area contributed by atoms with E-state index >= 15 is 0 Å². The van der Waals surface area contributed by atoms with Gasteiger partial charge in [-0.2, -0.15) is 0 Å². The molecule has 1 saturated heterocycles. The van der Waals surface area contributed by atoms with Crippen LogP contribution < -0.4 is 5.73 Å². The minimum Gasteiger partial charge on any atom is -0.377 e. The number of hydrogen-bond acceptors (Lipinski definition) is 3. The molecule has 0 aromatic heterocycles. The molecule has 2 atom stereocenters. The lowest BCUT2D eigenvalue weighted by Crippen LogP contribution is -2.43. The molecule has 0 spiro atoms. The fraction of sp³-hybridized carbons (Fsp3) is 1.00. The van der Waals surface area contributed by atoms with Crippen LogP contribution in [-0.2, 0) is 4.74 Å². The molecule has 2 fully saturated rings. The smallest absolute Gasteiger partial charge is 0.0702 e. The number of nitrogens with zero attached hydrogens (tertiary/aromatic N) is 1. The molecule has 0 radical (unpaired) electrons. The third kappa shape index (κ3) is 2.76. The molecule has 0 bridgehead atoms. The highest BCUT2D eigenvalue weighted by molar-refractivity contribution is 4.91. The highest BCUT2D eigenvalue weighted by atomic mass is 16.5. The van der Waals surface area contributed by atoms with Crippen LogP contribution in [0.5, 0.6) is 0 Å². The zero-order valence-electron chi connectivity index (χ0n) is 10.7. The quantitative estimate of drug-likeness (QED) is 0.794. The summed E-state index contributed by atoms with van der Waals surface area (Å²) >= 11 is 0. The van der Waals surface area contributed by atoms with Crippen LogP contribution in [0.3, 0.4) is 0 Å². The molecule has 2 unspecified atom stereocenters. The molecule has 1 aliphatic heterocycles. The maximum absolute atomic E-state index is 6.38. The second-order valence-corrected chi connectivity index (χ2v) is 5.73. The third-order valence-corrected chi connectivity index (χ3v) is 4.46. The predicted octanol–water partition coefficient (Wildman–Crippen LogP) is 1.76. The van der Waals surface area contributed by atoms with E-state index in [4.69, 9.17) is 10.5 Å². The van der Waals surface area contributed by atoms with Crippen LogP contribution in [-0.4, -0.2) is 42.8 Å². The Morgan fingerprint density at radius 2 is 2.06 bits per heavy atom. The summed E-state index contributed by atoms with van der Waals surface area (Å²) in [5.74, 6) is 0. The first-order chi connectivity index (χ1) is 7.61. The van der Waals surface area contributed by atoms with E-state index in [-0.39, 0.29) is 5.54 Å². The van der Waals surface area contributed by atoms with Gasteiger partial charge in [0.05, 0.1) is 6.10 Å². The van der Waals surface area contributed by atoms with Crippen molar-refractivity contribution in [3.63, 3.8) is 0 Å². The van der Waals surface area contributed by atoms with E-state index in [2.05, 4.69) is 18.9 Å². The van der Waals surface area contributed by atoms with Gasteiger partial charge in [-0.1, -0.05) is 12.8 Å². The molecular formula is C13H26N2O.